The van der Waals surface area contributed by atoms with Gasteiger partial charge in [0.1, 0.15) is 0 Å². The maximum Gasteiger partial charge on any atom is 0.309 e. The van der Waals surface area contributed by atoms with Gasteiger partial charge >= 0.3 is 5.97 Å². The van der Waals surface area contributed by atoms with E-state index in [-0.39, 0.29) is 12.3 Å². The topological polar surface area (TPSA) is 68.0 Å². The number of rotatable bonds is 6. The summed E-state index contributed by atoms with van der Waals surface area (Å²) >= 11 is 0. The number of hydrogen-bond donors (Lipinski definition) is 1. The third kappa shape index (κ3) is 3.05. The molecule has 17 heavy (non-hydrogen) atoms. The summed E-state index contributed by atoms with van der Waals surface area (Å²) in [6, 6.07) is 0. The number of hydrogen-bond acceptors (Lipinski definition) is 3. The van der Waals surface area contributed by atoms with Crippen LogP contribution in [-0.4, -0.2) is 26.1 Å². The zero-order valence-corrected chi connectivity index (χ0v) is 10.4. The van der Waals surface area contributed by atoms with E-state index < -0.39 is 5.97 Å². The largest absolute Gasteiger partial charge is 0.481 e. The van der Waals surface area contributed by atoms with Gasteiger partial charge in [-0.25, -0.2) is 4.68 Å². The third-order valence-corrected chi connectivity index (χ3v) is 3.16. The van der Waals surface area contributed by atoms with Crippen LogP contribution in [0.2, 0.25) is 0 Å². The number of nitrogens with zero attached hydrogens (tertiary/aromatic N) is 3. The highest BCUT2D eigenvalue weighted by Crippen LogP contribution is 2.33. The Morgan fingerprint density at radius 1 is 1.53 bits per heavy atom. The second kappa shape index (κ2) is 4.85. The zero-order chi connectivity index (χ0) is 12.4. The van der Waals surface area contributed by atoms with E-state index in [1.807, 2.05) is 4.68 Å². The van der Waals surface area contributed by atoms with E-state index in [4.69, 9.17) is 5.11 Å². The Morgan fingerprint density at radius 2 is 2.24 bits per heavy atom. The molecule has 1 fully saturated rings. The molecule has 1 aliphatic rings. The number of carboxylic acids is 1. The number of aromatic nitrogens is 3. The molecule has 1 aromatic heterocycles. The van der Waals surface area contributed by atoms with E-state index in [1.165, 1.54) is 12.8 Å². The first-order valence-electron chi connectivity index (χ1n) is 6.22. The standard InChI is InChI=1S/C12H19N3O2/c1-8(2)12-10(7-11(16)17)13-14-15(12)6-5-9-3-4-9/h8-9H,3-7H2,1-2H3,(H,16,17). The summed E-state index contributed by atoms with van der Waals surface area (Å²) < 4.78 is 1.89. The maximum absolute atomic E-state index is 10.8. The Bertz CT molecular complexity index is 408. The molecular formula is C12H19N3O2. The predicted octanol–water partition coefficient (Wildman–Crippen LogP) is 1.83. The van der Waals surface area contributed by atoms with Crippen molar-refractivity contribution < 1.29 is 9.90 Å². The summed E-state index contributed by atoms with van der Waals surface area (Å²) in [5.41, 5.74) is 1.59. The molecule has 0 amide bonds. The predicted molar refractivity (Wildman–Crippen MR) is 62.8 cm³/mol. The molecule has 0 bridgehead atoms. The van der Waals surface area contributed by atoms with Crippen molar-refractivity contribution in [2.24, 2.45) is 5.92 Å². The number of aryl methyl sites for hydroxylation is 1. The summed E-state index contributed by atoms with van der Waals surface area (Å²) in [5, 5.41) is 16.9. The van der Waals surface area contributed by atoms with E-state index >= 15 is 0 Å². The molecule has 5 heteroatoms. The third-order valence-electron chi connectivity index (χ3n) is 3.16. The highest BCUT2D eigenvalue weighted by molar-refractivity contribution is 5.69. The molecule has 0 spiro atoms. The second-order valence-electron chi connectivity index (χ2n) is 5.10. The van der Waals surface area contributed by atoms with Crippen molar-refractivity contribution in [3.05, 3.63) is 11.4 Å². The van der Waals surface area contributed by atoms with Crippen molar-refractivity contribution >= 4 is 5.97 Å². The van der Waals surface area contributed by atoms with Crippen LogP contribution >= 0.6 is 0 Å². The Hall–Kier alpha value is -1.39. The highest BCUT2D eigenvalue weighted by atomic mass is 16.4. The van der Waals surface area contributed by atoms with Crippen LogP contribution < -0.4 is 0 Å². The molecule has 1 heterocycles. The number of carboxylic acid groups (broad SMARTS) is 1. The molecule has 1 aromatic rings. The lowest BCUT2D eigenvalue weighted by Crippen LogP contribution is -2.10. The fraction of sp³-hybridized carbons (Fsp3) is 0.750. The fourth-order valence-corrected chi connectivity index (χ4v) is 2.13. The van der Waals surface area contributed by atoms with Gasteiger partial charge in [-0.1, -0.05) is 31.9 Å². The van der Waals surface area contributed by atoms with Crippen LogP contribution in [0.3, 0.4) is 0 Å². The van der Waals surface area contributed by atoms with Gasteiger partial charge in [-0.05, 0) is 18.3 Å². The molecule has 1 N–H and O–H groups in total. The fourth-order valence-electron chi connectivity index (χ4n) is 2.13. The second-order valence-corrected chi connectivity index (χ2v) is 5.10. The molecule has 1 saturated carbocycles. The van der Waals surface area contributed by atoms with Gasteiger partial charge in [-0.3, -0.25) is 4.79 Å². The van der Waals surface area contributed by atoms with Gasteiger partial charge in [0, 0.05) is 6.54 Å². The molecule has 1 aliphatic carbocycles. The molecule has 0 saturated heterocycles. The van der Waals surface area contributed by atoms with E-state index in [2.05, 4.69) is 24.2 Å². The van der Waals surface area contributed by atoms with Crippen LogP contribution in [0.25, 0.3) is 0 Å². The molecule has 94 valence electrons. The van der Waals surface area contributed by atoms with Crippen LogP contribution in [0, 0.1) is 5.92 Å². The lowest BCUT2D eigenvalue weighted by molar-refractivity contribution is -0.136. The van der Waals surface area contributed by atoms with Crippen molar-refractivity contribution in [2.45, 2.75) is 52.0 Å². The van der Waals surface area contributed by atoms with Crippen molar-refractivity contribution in [1.29, 1.82) is 0 Å². The Kier molecular flexibility index (Phi) is 3.45. The average Bonchev–Trinajstić information content (AvgIpc) is 2.97. The molecule has 0 aromatic carbocycles. The van der Waals surface area contributed by atoms with Crippen LogP contribution in [0.15, 0.2) is 0 Å². The quantitative estimate of drug-likeness (QED) is 0.819. The summed E-state index contributed by atoms with van der Waals surface area (Å²) in [5.74, 6) is 0.266. The summed E-state index contributed by atoms with van der Waals surface area (Å²) in [6.45, 7) is 4.97. The molecule has 2 rings (SSSR count). The van der Waals surface area contributed by atoms with Crippen molar-refractivity contribution in [3.8, 4) is 0 Å². The number of carbonyl (C=O) groups is 1. The molecule has 0 aliphatic heterocycles. The van der Waals surface area contributed by atoms with Gasteiger partial charge in [-0.2, -0.15) is 0 Å². The Labute approximate surface area is 101 Å². The maximum atomic E-state index is 10.8. The summed E-state index contributed by atoms with van der Waals surface area (Å²) in [7, 11) is 0. The van der Waals surface area contributed by atoms with Crippen molar-refractivity contribution in [1.82, 2.24) is 15.0 Å². The molecular weight excluding hydrogens is 218 g/mol. The summed E-state index contributed by atoms with van der Waals surface area (Å²) in [4.78, 5) is 10.8. The zero-order valence-electron chi connectivity index (χ0n) is 10.4. The first kappa shape index (κ1) is 12.1. The number of aliphatic carboxylic acids is 1. The minimum atomic E-state index is -0.846. The SMILES string of the molecule is CC(C)c1c(CC(=O)O)nnn1CCC1CC1. The van der Waals surface area contributed by atoms with E-state index in [0.29, 0.717) is 5.69 Å². The van der Waals surface area contributed by atoms with Crippen molar-refractivity contribution in [2.75, 3.05) is 0 Å². The lowest BCUT2D eigenvalue weighted by atomic mass is 10.1. The van der Waals surface area contributed by atoms with Crippen LogP contribution in [0.1, 0.15) is 50.4 Å². The molecule has 0 unspecified atom stereocenters. The summed E-state index contributed by atoms with van der Waals surface area (Å²) in [6.07, 6.45) is 3.76. The Morgan fingerprint density at radius 3 is 2.76 bits per heavy atom. The monoisotopic (exact) mass is 237 g/mol. The van der Waals surface area contributed by atoms with Gasteiger partial charge in [-0.15, -0.1) is 5.10 Å². The molecule has 0 radical (unpaired) electrons. The first-order chi connectivity index (χ1) is 8.08. The van der Waals surface area contributed by atoms with Gasteiger partial charge in [0.15, 0.2) is 0 Å². The normalized spacial score (nSPS) is 15.5. The van der Waals surface area contributed by atoms with E-state index in [9.17, 15) is 4.79 Å². The van der Waals surface area contributed by atoms with Crippen LogP contribution in [0.5, 0.6) is 0 Å². The van der Waals surface area contributed by atoms with Gasteiger partial charge in [0.05, 0.1) is 17.8 Å². The van der Waals surface area contributed by atoms with E-state index in [1.54, 1.807) is 0 Å². The van der Waals surface area contributed by atoms with Gasteiger partial charge in [0.2, 0.25) is 0 Å². The lowest BCUT2D eigenvalue weighted by Gasteiger charge is -2.10. The molecule has 0 atom stereocenters. The van der Waals surface area contributed by atoms with E-state index in [0.717, 1.165) is 24.6 Å². The van der Waals surface area contributed by atoms with Crippen molar-refractivity contribution in [3.63, 3.8) is 0 Å². The van der Waals surface area contributed by atoms with Gasteiger partial charge in [0.25, 0.3) is 0 Å². The minimum absolute atomic E-state index is 0.0308. The first-order valence-corrected chi connectivity index (χ1v) is 6.22. The Balaban J connectivity index is 2.12. The average molecular weight is 237 g/mol. The minimum Gasteiger partial charge on any atom is -0.481 e. The molecule has 5 nitrogen and oxygen atoms in total. The highest BCUT2D eigenvalue weighted by Gasteiger charge is 2.23. The van der Waals surface area contributed by atoms with Gasteiger partial charge < -0.3 is 5.11 Å². The smallest absolute Gasteiger partial charge is 0.309 e. The van der Waals surface area contributed by atoms with Crippen LogP contribution in [-0.2, 0) is 17.8 Å². The van der Waals surface area contributed by atoms with Crippen LogP contribution in [0.4, 0.5) is 0 Å².